The summed E-state index contributed by atoms with van der Waals surface area (Å²) < 4.78 is 23.2. The number of anilines is 1. The maximum Gasteiger partial charge on any atom is 0.341 e. The molecule has 0 spiro atoms. The highest BCUT2D eigenvalue weighted by atomic mass is 19.1. The van der Waals surface area contributed by atoms with Crippen LogP contribution in [0.25, 0.3) is 0 Å². The Morgan fingerprint density at radius 3 is 2.48 bits per heavy atom. The van der Waals surface area contributed by atoms with Crippen molar-refractivity contribution in [3.05, 3.63) is 58.5 Å². The third kappa shape index (κ3) is 5.58. The number of rotatable bonds is 6. The van der Waals surface area contributed by atoms with Crippen LogP contribution in [0, 0.1) is 12.7 Å². The third-order valence-corrected chi connectivity index (χ3v) is 5.30. The standard InChI is InChI=1S/C23H28FN3O4/c1-4-31-23(29)20-14-19(22(28)30-3)16(2)25-21(20)27-11-5-10-26(12-13-27)15-17-6-8-18(24)9-7-17/h6-9,14H,4-5,10-13,15H2,1-3H3. The van der Waals surface area contributed by atoms with Crippen molar-refractivity contribution in [2.24, 2.45) is 0 Å². The highest BCUT2D eigenvalue weighted by Crippen LogP contribution is 2.25. The van der Waals surface area contributed by atoms with E-state index in [1.54, 1.807) is 26.0 Å². The van der Waals surface area contributed by atoms with Gasteiger partial charge in [-0.15, -0.1) is 0 Å². The normalized spacial score (nSPS) is 14.8. The molecule has 0 unspecified atom stereocenters. The van der Waals surface area contributed by atoms with Gasteiger partial charge in [0.2, 0.25) is 0 Å². The van der Waals surface area contributed by atoms with E-state index in [-0.39, 0.29) is 23.6 Å². The predicted molar refractivity (Wildman–Crippen MR) is 115 cm³/mol. The summed E-state index contributed by atoms with van der Waals surface area (Å²) in [6.07, 6.45) is 0.878. The largest absolute Gasteiger partial charge is 0.465 e. The molecule has 0 atom stereocenters. The van der Waals surface area contributed by atoms with Gasteiger partial charge in [-0.05, 0) is 44.0 Å². The number of methoxy groups -OCH3 is 1. The maximum absolute atomic E-state index is 13.2. The summed E-state index contributed by atoms with van der Waals surface area (Å²) in [4.78, 5) is 33.7. The lowest BCUT2D eigenvalue weighted by Gasteiger charge is -2.25. The zero-order chi connectivity index (χ0) is 22.4. The molecular formula is C23H28FN3O4. The van der Waals surface area contributed by atoms with Crippen molar-refractivity contribution in [3.8, 4) is 0 Å². The Hall–Kier alpha value is -3.00. The van der Waals surface area contributed by atoms with E-state index in [1.165, 1.54) is 25.3 Å². The Morgan fingerprint density at radius 1 is 1.06 bits per heavy atom. The van der Waals surface area contributed by atoms with Crippen LogP contribution in [0.1, 0.15) is 45.3 Å². The average Bonchev–Trinajstić information content (AvgIpc) is 3.00. The molecule has 3 rings (SSSR count). The lowest BCUT2D eigenvalue weighted by atomic mass is 10.1. The van der Waals surface area contributed by atoms with E-state index in [1.807, 2.05) is 0 Å². The Kier molecular flexibility index (Phi) is 7.57. The Labute approximate surface area is 181 Å². The predicted octanol–water partition coefficient (Wildman–Crippen LogP) is 3.20. The molecule has 2 aromatic rings. The number of esters is 2. The van der Waals surface area contributed by atoms with Crippen molar-refractivity contribution in [2.45, 2.75) is 26.8 Å². The molecule has 7 nitrogen and oxygen atoms in total. The molecule has 0 aliphatic carbocycles. The molecule has 166 valence electrons. The minimum Gasteiger partial charge on any atom is -0.465 e. The van der Waals surface area contributed by atoms with Crippen molar-refractivity contribution in [3.63, 3.8) is 0 Å². The number of hydrogen-bond acceptors (Lipinski definition) is 7. The molecule has 0 radical (unpaired) electrons. The molecule has 1 fully saturated rings. The topological polar surface area (TPSA) is 72.0 Å². The molecule has 8 heteroatoms. The van der Waals surface area contributed by atoms with Gasteiger partial charge in [-0.25, -0.2) is 19.0 Å². The zero-order valence-corrected chi connectivity index (χ0v) is 18.2. The van der Waals surface area contributed by atoms with Gasteiger partial charge in [0, 0.05) is 32.7 Å². The number of halogens is 1. The van der Waals surface area contributed by atoms with Crippen molar-refractivity contribution >= 4 is 17.8 Å². The first-order valence-corrected chi connectivity index (χ1v) is 10.4. The molecule has 1 aliphatic rings. The summed E-state index contributed by atoms with van der Waals surface area (Å²) in [7, 11) is 1.30. The number of pyridine rings is 1. The molecule has 0 amide bonds. The van der Waals surface area contributed by atoms with Crippen LogP contribution in [0.5, 0.6) is 0 Å². The highest BCUT2D eigenvalue weighted by molar-refractivity contribution is 5.99. The summed E-state index contributed by atoms with van der Waals surface area (Å²) in [6, 6.07) is 8.06. The van der Waals surface area contributed by atoms with E-state index in [9.17, 15) is 14.0 Å². The summed E-state index contributed by atoms with van der Waals surface area (Å²) in [5, 5.41) is 0. The SMILES string of the molecule is CCOC(=O)c1cc(C(=O)OC)c(C)nc1N1CCCN(Cc2ccc(F)cc2)CC1. The van der Waals surface area contributed by atoms with Gasteiger partial charge in [-0.3, -0.25) is 4.90 Å². The average molecular weight is 429 g/mol. The van der Waals surface area contributed by atoms with Gasteiger partial charge in [0.25, 0.3) is 0 Å². The fourth-order valence-electron chi connectivity index (χ4n) is 3.70. The van der Waals surface area contributed by atoms with Crippen LogP contribution in [-0.2, 0) is 16.0 Å². The molecular weight excluding hydrogens is 401 g/mol. The van der Waals surface area contributed by atoms with Gasteiger partial charge in [0.1, 0.15) is 17.2 Å². The van der Waals surface area contributed by atoms with Gasteiger partial charge >= 0.3 is 11.9 Å². The van der Waals surface area contributed by atoms with Crippen molar-refractivity contribution in [1.29, 1.82) is 0 Å². The van der Waals surface area contributed by atoms with E-state index in [4.69, 9.17) is 9.47 Å². The lowest BCUT2D eigenvalue weighted by Crippen LogP contribution is -2.32. The molecule has 1 saturated heterocycles. The fourth-order valence-corrected chi connectivity index (χ4v) is 3.70. The van der Waals surface area contributed by atoms with E-state index in [0.717, 1.165) is 38.2 Å². The number of aryl methyl sites for hydroxylation is 1. The minimum absolute atomic E-state index is 0.227. The van der Waals surface area contributed by atoms with Crippen LogP contribution in [0.4, 0.5) is 10.2 Å². The van der Waals surface area contributed by atoms with Crippen LogP contribution in [0.15, 0.2) is 30.3 Å². The van der Waals surface area contributed by atoms with E-state index in [2.05, 4.69) is 14.8 Å². The molecule has 31 heavy (non-hydrogen) atoms. The molecule has 2 heterocycles. The number of nitrogens with zero attached hydrogens (tertiary/aromatic N) is 3. The van der Waals surface area contributed by atoms with Crippen LogP contribution in [0.3, 0.4) is 0 Å². The van der Waals surface area contributed by atoms with Gasteiger partial charge in [0.05, 0.1) is 25.0 Å². The molecule has 1 aromatic heterocycles. The second kappa shape index (κ2) is 10.3. The minimum atomic E-state index is -0.538. The van der Waals surface area contributed by atoms with E-state index in [0.29, 0.717) is 18.1 Å². The Balaban J connectivity index is 1.82. The van der Waals surface area contributed by atoms with Crippen molar-refractivity contribution in [2.75, 3.05) is 44.8 Å². The number of carbonyl (C=O) groups excluding carboxylic acids is 2. The van der Waals surface area contributed by atoms with Crippen LogP contribution in [0.2, 0.25) is 0 Å². The monoisotopic (exact) mass is 429 g/mol. The molecule has 1 aliphatic heterocycles. The van der Waals surface area contributed by atoms with Crippen molar-refractivity contribution < 1.29 is 23.5 Å². The first-order valence-electron chi connectivity index (χ1n) is 10.4. The maximum atomic E-state index is 13.2. The highest BCUT2D eigenvalue weighted by Gasteiger charge is 2.25. The van der Waals surface area contributed by atoms with Gasteiger partial charge in [-0.2, -0.15) is 0 Å². The number of benzene rings is 1. The zero-order valence-electron chi connectivity index (χ0n) is 18.2. The first kappa shape index (κ1) is 22.7. The lowest BCUT2D eigenvalue weighted by molar-refractivity contribution is 0.0526. The summed E-state index contributed by atoms with van der Waals surface area (Å²) in [5.41, 5.74) is 2.07. The quantitative estimate of drug-likeness (QED) is 0.653. The summed E-state index contributed by atoms with van der Waals surface area (Å²) >= 11 is 0. The number of ether oxygens (including phenoxy) is 2. The number of hydrogen-bond donors (Lipinski definition) is 0. The van der Waals surface area contributed by atoms with Gasteiger partial charge < -0.3 is 14.4 Å². The summed E-state index contributed by atoms with van der Waals surface area (Å²) in [6.45, 7) is 7.44. The molecule has 0 saturated carbocycles. The van der Waals surface area contributed by atoms with Gasteiger partial charge in [0.15, 0.2) is 0 Å². The smallest absolute Gasteiger partial charge is 0.341 e. The van der Waals surface area contributed by atoms with Crippen LogP contribution in [-0.4, -0.2) is 61.7 Å². The fraction of sp³-hybridized carbons (Fsp3) is 0.435. The molecule has 0 N–H and O–H groups in total. The summed E-state index contributed by atoms with van der Waals surface area (Å²) in [5.74, 6) is -0.771. The second-order valence-electron chi connectivity index (χ2n) is 7.45. The second-order valence-corrected chi connectivity index (χ2v) is 7.45. The first-order chi connectivity index (χ1) is 14.9. The van der Waals surface area contributed by atoms with E-state index < -0.39 is 11.9 Å². The van der Waals surface area contributed by atoms with Gasteiger partial charge in [-0.1, -0.05) is 12.1 Å². The third-order valence-electron chi connectivity index (χ3n) is 5.30. The van der Waals surface area contributed by atoms with Crippen LogP contribution < -0.4 is 4.90 Å². The molecule has 1 aromatic carbocycles. The number of aromatic nitrogens is 1. The van der Waals surface area contributed by atoms with Crippen LogP contribution >= 0.6 is 0 Å². The van der Waals surface area contributed by atoms with E-state index >= 15 is 0 Å². The number of carbonyl (C=O) groups is 2. The molecule has 0 bridgehead atoms. The van der Waals surface area contributed by atoms with Crippen molar-refractivity contribution in [1.82, 2.24) is 9.88 Å². The Morgan fingerprint density at radius 2 is 1.81 bits per heavy atom. The Bertz CT molecular complexity index is 933.